The van der Waals surface area contributed by atoms with Crippen LogP contribution in [0.15, 0.2) is 45.9 Å². The van der Waals surface area contributed by atoms with E-state index in [-0.39, 0.29) is 17.7 Å². The second-order valence-electron chi connectivity index (χ2n) is 5.70. The number of carbonyl (C=O) groups is 2. The summed E-state index contributed by atoms with van der Waals surface area (Å²) < 4.78 is 5.31. The van der Waals surface area contributed by atoms with Crippen molar-refractivity contribution in [3.05, 3.63) is 53.5 Å². The fourth-order valence-electron chi connectivity index (χ4n) is 2.66. The number of carbonyl (C=O) groups excluding carboxylic acids is 2. The lowest BCUT2D eigenvalue weighted by Gasteiger charge is -2.19. The molecule has 2 heterocycles. The van der Waals surface area contributed by atoms with Gasteiger partial charge in [-0.1, -0.05) is 12.1 Å². The van der Waals surface area contributed by atoms with E-state index in [0.717, 1.165) is 29.3 Å². The van der Waals surface area contributed by atoms with Gasteiger partial charge in [-0.15, -0.1) is 11.8 Å². The van der Waals surface area contributed by atoms with Crippen LogP contribution >= 0.6 is 11.8 Å². The van der Waals surface area contributed by atoms with Crippen LogP contribution < -0.4 is 5.32 Å². The van der Waals surface area contributed by atoms with Crippen molar-refractivity contribution >= 4 is 23.5 Å². The molecule has 1 unspecified atom stereocenters. The van der Waals surface area contributed by atoms with Crippen molar-refractivity contribution in [3.8, 4) is 0 Å². The molecule has 1 aromatic carbocycles. The SMILES string of the molecule is CC(CCc1ccco1)NC(=O)c1cccc2c1SCCC2=O. The number of hydrogen-bond acceptors (Lipinski definition) is 4. The van der Waals surface area contributed by atoms with Crippen LogP contribution in [-0.4, -0.2) is 23.5 Å². The van der Waals surface area contributed by atoms with Crippen molar-refractivity contribution in [3.63, 3.8) is 0 Å². The number of nitrogens with one attached hydrogen (secondary N) is 1. The average molecular weight is 329 g/mol. The predicted molar refractivity (Wildman–Crippen MR) is 90.1 cm³/mol. The summed E-state index contributed by atoms with van der Waals surface area (Å²) in [5.41, 5.74) is 1.28. The van der Waals surface area contributed by atoms with Gasteiger partial charge in [0, 0.05) is 35.1 Å². The Bertz CT molecular complexity index is 709. The second-order valence-corrected chi connectivity index (χ2v) is 6.80. The largest absolute Gasteiger partial charge is 0.469 e. The molecule has 0 bridgehead atoms. The minimum atomic E-state index is -0.115. The Balaban J connectivity index is 1.66. The molecule has 3 rings (SSSR count). The fraction of sp³-hybridized carbons (Fsp3) is 0.333. The Hall–Kier alpha value is -2.01. The number of ketones is 1. The van der Waals surface area contributed by atoms with Crippen molar-refractivity contribution in [2.75, 3.05) is 5.75 Å². The summed E-state index contributed by atoms with van der Waals surface area (Å²) in [6, 6.07) is 9.21. The molecular formula is C18H19NO3S. The highest BCUT2D eigenvalue weighted by Gasteiger charge is 2.23. The molecule has 0 fully saturated rings. The van der Waals surface area contributed by atoms with Crippen LogP contribution in [0.5, 0.6) is 0 Å². The number of thioether (sulfide) groups is 1. The molecule has 0 saturated heterocycles. The van der Waals surface area contributed by atoms with Gasteiger partial charge in [-0.2, -0.15) is 0 Å². The number of fused-ring (bicyclic) bond motifs is 1. The summed E-state index contributed by atoms with van der Waals surface area (Å²) in [5, 5.41) is 3.02. The second kappa shape index (κ2) is 7.04. The first-order valence-electron chi connectivity index (χ1n) is 7.77. The topological polar surface area (TPSA) is 59.3 Å². The smallest absolute Gasteiger partial charge is 0.252 e. The van der Waals surface area contributed by atoms with Gasteiger partial charge in [0.25, 0.3) is 5.91 Å². The zero-order chi connectivity index (χ0) is 16.2. The van der Waals surface area contributed by atoms with Crippen molar-refractivity contribution < 1.29 is 14.0 Å². The van der Waals surface area contributed by atoms with Gasteiger partial charge in [0.2, 0.25) is 0 Å². The Labute approximate surface area is 139 Å². The molecule has 120 valence electrons. The lowest BCUT2D eigenvalue weighted by molar-refractivity contribution is 0.0935. The molecule has 1 aliphatic heterocycles. The molecule has 1 aliphatic rings. The van der Waals surface area contributed by atoms with Crippen molar-refractivity contribution in [1.82, 2.24) is 5.32 Å². The highest BCUT2D eigenvalue weighted by molar-refractivity contribution is 7.99. The number of rotatable bonds is 5. The highest BCUT2D eigenvalue weighted by Crippen LogP contribution is 2.33. The maximum Gasteiger partial charge on any atom is 0.252 e. The molecule has 1 atom stereocenters. The first kappa shape index (κ1) is 15.9. The minimum Gasteiger partial charge on any atom is -0.469 e. The Kier molecular flexibility index (Phi) is 4.86. The lowest BCUT2D eigenvalue weighted by Crippen LogP contribution is -2.33. The Morgan fingerprint density at radius 2 is 2.22 bits per heavy atom. The van der Waals surface area contributed by atoms with Gasteiger partial charge in [0.1, 0.15) is 5.76 Å². The molecule has 0 radical (unpaired) electrons. The third kappa shape index (κ3) is 3.67. The molecule has 4 nitrogen and oxygen atoms in total. The zero-order valence-electron chi connectivity index (χ0n) is 13.0. The lowest BCUT2D eigenvalue weighted by atomic mass is 10.0. The molecule has 1 aromatic heterocycles. The number of benzene rings is 1. The van der Waals surface area contributed by atoms with E-state index in [1.165, 1.54) is 0 Å². The number of Topliss-reactive ketones (excluding diaryl/α,β-unsaturated/α-hetero) is 1. The highest BCUT2D eigenvalue weighted by atomic mass is 32.2. The number of furan rings is 1. The van der Waals surface area contributed by atoms with Gasteiger partial charge in [0.15, 0.2) is 5.78 Å². The van der Waals surface area contributed by atoms with Crippen molar-refractivity contribution in [2.45, 2.75) is 37.1 Å². The molecule has 2 aromatic rings. The van der Waals surface area contributed by atoms with Crippen LogP contribution in [0.3, 0.4) is 0 Å². The van der Waals surface area contributed by atoms with Gasteiger partial charge < -0.3 is 9.73 Å². The zero-order valence-corrected chi connectivity index (χ0v) is 13.8. The first-order valence-corrected chi connectivity index (χ1v) is 8.76. The molecule has 0 spiro atoms. The molecule has 1 N–H and O–H groups in total. The van der Waals surface area contributed by atoms with Gasteiger partial charge >= 0.3 is 0 Å². The molecular weight excluding hydrogens is 310 g/mol. The van der Waals surface area contributed by atoms with Crippen LogP contribution in [0, 0.1) is 0 Å². The summed E-state index contributed by atoms with van der Waals surface area (Å²) >= 11 is 1.59. The summed E-state index contributed by atoms with van der Waals surface area (Å²) in [4.78, 5) is 25.3. The molecule has 0 saturated carbocycles. The Morgan fingerprint density at radius 1 is 1.35 bits per heavy atom. The van der Waals surface area contributed by atoms with E-state index in [0.29, 0.717) is 17.5 Å². The van der Waals surface area contributed by atoms with Gasteiger partial charge in [-0.25, -0.2) is 0 Å². The number of aryl methyl sites for hydroxylation is 1. The van der Waals surface area contributed by atoms with Crippen LogP contribution in [0.2, 0.25) is 0 Å². The van der Waals surface area contributed by atoms with Gasteiger partial charge in [-0.3, -0.25) is 9.59 Å². The summed E-state index contributed by atoms with van der Waals surface area (Å²) in [6.45, 7) is 1.98. The van der Waals surface area contributed by atoms with E-state index < -0.39 is 0 Å². The van der Waals surface area contributed by atoms with Crippen LogP contribution in [0.4, 0.5) is 0 Å². The number of amides is 1. The normalized spacial score (nSPS) is 15.1. The van der Waals surface area contributed by atoms with E-state index in [1.807, 2.05) is 19.1 Å². The standard InChI is InChI=1S/C18H19NO3S/c1-12(7-8-13-4-3-10-22-13)19-18(21)15-6-2-5-14-16(20)9-11-23-17(14)15/h2-6,10,12H,7-9,11H2,1H3,(H,19,21). The molecule has 5 heteroatoms. The van der Waals surface area contributed by atoms with Crippen LogP contribution in [0.1, 0.15) is 46.2 Å². The quantitative estimate of drug-likeness (QED) is 0.908. The molecule has 0 aliphatic carbocycles. The minimum absolute atomic E-state index is 0.0350. The molecule has 1 amide bonds. The maximum absolute atomic E-state index is 12.5. The van der Waals surface area contributed by atoms with E-state index in [2.05, 4.69) is 5.32 Å². The van der Waals surface area contributed by atoms with E-state index in [4.69, 9.17) is 4.42 Å². The monoisotopic (exact) mass is 329 g/mol. The molecule has 23 heavy (non-hydrogen) atoms. The maximum atomic E-state index is 12.5. The van der Waals surface area contributed by atoms with E-state index in [1.54, 1.807) is 36.2 Å². The van der Waals surface area contributed by atoms with Crippen LogP contribution in [-0.2, 0) is 6.42 Å². The third-order valence-electron chi connectivity index (χ3n) is 3.92. The number of hydrogen-bond donors (Lipinski definition) is 1. The summed E-state index contributed by atoms with van der Waals surface area (Å²) in [5.74, 6) is 1.67. The van der Waals surface area contributed by atoms with Gasteiger partial charge in [0.05, 0.1) is 11.8 Å². The van der Waals surface area contributed by atoms with E-state index in [9.17, 15) is 9.59 Å². The van der Waals surface area contributed by atoms with Crippen molar-refractivity contribution in [1.29, 1.82) is 0 Å². The predicted octanol–water partition coefficient (Wildman–Crippen LogP) is 3.71. The average Bonchev–Trinajstić information content (AvgIpc) is 3.06. The van der Waals surface area contributed by atoms with Crippen molar-refractivity contribution in [2.24, 2.45) is 0 Å². The summed E-state index contributed by atoms with van der Waals surface area (Å²) in [7, 11) is 0. The van der Waals surface area contributed by atoms with E-state index >= 15 is 0 Å². The third-order valence-corrected chi connectivity index (χ3v) is 5.05. The summed E-state index contributed by atoms with van der Waals surface area (Å²) in [6.07, 6.45) is 3.79. The van der Waals surface area contributed by atoms with Gasteiger partial charge in [-0.05, 0) is 31.5 Å². The first-order chi connectivity index (χ1) is 11.1. The Morgan fingerprint density at radius 3 is 3.00 bits per heavy atom. The van der Waals surface area contributed by atoms with Crippen LogP contribution in [0.25, 0.3) is 0 Å². The fourth-order valence-corrected chi connectivity index (χ4v) is 3.80.